The third-order valence-electron chi connectivity index (χ3n) is 5.82. The molecule has 0 aliphatic heterocycles. The number of aromatic nitrogens is 3. The number of carbonyl (C=O) groups excluding carboxylic acids is 2. The van der Waals surface area contributed by atoms with Crippen molar-refractivity contribution in [3.05, 3.63) is 70.3 Å². The summed E-state index contributed by atoms with van der Waals surface area (Å²) in [6, 6.07) is 12.2. The number of nitrogens with zero attached hydrogens (tertiary/aromatic N) is 3. The number of hydrogen-bond donors (Lipinski definition) is 0. The van der Waals surface area contributed by atoms with Crippen LogP contribution in [0.2, 0.25) is 0 Å². The molecule has 6 nitrogen and oxygen atoms in total. The molecule has 0 N–H and O–H groups in total. The van der Waals surface area contributed by atoms with Gasteiger partial charge in [-0.05, 0) is 58.7 Å². The topological polar surface area (TPSA) is 66.1 Å². The zero-order valence-corrected chi connectivity index (χ0v) is 17.9. The number of Topliss-reactive ketones (excluding diaryl/α,β-unsaturated/α-hetero) is 1. The number of para-hydroxylation sites is 1. The summed E-state index contributed by atoms with van der Waals surface area (Å²) in [5.41, 5.74) is 6.16. The molecule has 6 heteroatoms. The Morgan fingerprint density at radius 2 is 1.77 bits per heavy atom. The van der Waals surface area contributed by atoms with E-state index in [1.807, 2.05) is 68.8 Å². The van der Waals surface area contributed by atoms with Gasteiger partial charge in [-0.1, -0.05) is 18.2 Å². The highest BCUT2D eigenvalue weighted by atomic mass is 16.5. The van der Waals surface area contributed by atoms with Gasteiger partial charge in [0.15, 0.2) is 6.61 Å². The molecule has 2 aromatic heterocycles. The van der Waals surface area contributed by atoms with E-state index >= 15 is 0 Å². The molecule has 156 valence electrons. The molecule has 0 saturated heterocycles. The molecule has 0 amide bonds. The van der Waals surface area contributed by atoms with Gasteiger partial charge in [-0.2, -0.15) is 5.10 Å². The van der Waals surface area contributed by atoms with Crippen molar-refractivity contribution in [3.63, 3.8) is 0 Å². The van der Waals surface area contributed by atoms with E-state index in [4.69, 9.17) is 4.74 Å². The van der Waals surface area contributed by atoms with Crippen molar-refractivity contribution in [2.75, 3.05) is 6.61 Å². The second-order valence-electron chi connectivity index (χ2n) is 8.04. The summed E-state index contributed by atoms with van der Waals surface area (Å²) in [5, 5.41) is 4.56. The first-order valence-corrected chi connectivity index (χ1v) is 10.3. The molecule has 1 fully saturated rings. The van der Waals surface area contributed by atoms with Crippen LogP contribution >= 0.6 is 0 Å². The minimum atomic E-state index is -0.418. The van der Waals surface area contributed by atoms with Crippen LogP contribution in [0.25, 0.3) is 5.69 Å². The lowest BCUT2D eigenvalue weighted by Crippen LogP contribution is -2.17. The molecule has 1 aliphatic carbocycles. The van der Waals surface area contributed by atoms with Gasteiger partial charge in [0.1, 0.15) is 0 Å². The average molecular weight is 405 g/mol. The lowest BCUT2D eigenvalue weighted by molar-refractivity contribution is -0.141. The summed E-state index contributed by atoms with van der Waals surface area (Å²) in [7, 11) is 0. The Labute approximate surface area is 176 Å². The minimum Gasteiger partial charge on any atom is -0.457 e. The Morgan fingerprint density at radius 3 is 2.43 bits per heavy atom. The number of carbonyl (C=O) groups is 2. The summed E-state index contributed by atoms with van der Waals surface area (Å²) in [4.78, 5) is 25.1. The van der Waals surface area contributed by atoms with Gasteiger partial charge in [0.25, 0.3) is 0 Å². The fourth-order valence-electron chi connectivity index (χ4n) is 4.12. The van der Waals surface area contributed by atoms with Crippen molar-refractivity contribution in [2.24, 2.45) is 0 Å². The molecule has 0 spiro atoms. The minimum absolute atomic E-state index is 0.0961. The van der Waals surface area contributed by atoms with Gasteiger partial charge in [-0.3, -0.25) is 9.59 Å². The van der Waals surface area contributed by atoms with Crippen molar-refractivity contribution >= 4 is 11.8 Å². The average Bonchev–Trinajstić information content (AvgIpc) is 3.47. The van der Waals surface area contributed by atoms with Crippen LogP contribution in [-0.4, -0.2) is 32.7 Å². The fourth-order valence-corrected chi connectivity index (χ4v) is 4.12. The number of benzene rings is 1. The summed E-state index contributed by atoms with van der Waals surface area (Å²) < 4.78 is 9.38. The summed E-state index contributed by atoms with van der Waals surface area (Å²) in [5.74, 6) is -0.574. The van der Waals surface area contributed by atoms with Crippen LogP contribution in [0.4, 0.5) is 0 Å². The fraction of sp³-hybridized carbons (Fsp3) is 0.375. The number of rotatable bonds is 7. The zero-order chi connectivity index (χ0) is 21.4. The van der Waals surface area contributed by atoms with E-state index in [9.17, 15) is 9.59 Å². The van der Waals surface area contributed by atoms with Gasteiger partial charge in [0.05, 0.1) is 17.8 Å². The summed E-state index contributed by atoms with van der Waals surface area (Å²) in [6.45, 7) is 7.56. The lowest BCUT2D eigenvalue weighted by Gasteiger charge is -2.08. The molecule has 2 heterocycles. The van der Waals surface area contributed by atoms with Gasteiger partial charge in [0.2, 0.25) is 5.78 Å². The largest absolute Gasteiger partial charge is 0.457 e. The molecule has 0 radical (unpaired) electrons. The molecule has 30 heavy (non-hydrogen) atoms. The maximum absolute atomic E-state index is 12.6. The van der Waals surface area contributed by atoms with Gasteiger partial charge in [0, 0.05) is 34.3 Å². The molecule has 1 aromatic carbocycles. The monoisotopic (exact) mass is 405 g/mol. The van der Waals surface area contributed by atoms with Crippen molar-refractivity contribution < 1.29 is 14.3 Å². The van der Waals surface area contributed by atoms with Crippen molar-refractivity contribution in [1.29, 1.82) is 0 Å². The number of ether oxygens (including phenoxy) is 1. The predicted octanol–water partition coefficient (Wildman–Crippen LogP) is 4.21. The maximum atomic E-state index is 12.6. The molecule has 3 aromatic rings. The molecular weight excluding hydrogens is 378 g/mol. The molecule has 0 bridgehead atoms. The number of esters is 1. The van der Waals surface area contributed by atoms with Crippen LogP contribution < -0.4 is 0 Å². The van der Waals surface area contributed by atoms with E-state index in [1.165, 1.54) is 0 Å². The first kappa shape index (κ1) is 20.1. The number of ketones is 1. The highest BCUT2D eigenvalue weighted by Crippen LogP contribution is 2.38. The van der Waals surface area contributed by atoms with E-state index in [0.29, 0.717) is 11.6 Å². The number of hydrogen-bond acceptors (Lipinski definition) is 4. The molecule has 0 unspecified atom stereocenters. The van der Waals surface area contributed by atoms with Crippen LogP contribution in [0.15, 0.2) is 36.4 Å². The van der Waals surface area contributed by atoms with Gasteiger partial charge in [-0.15, -0.1) is 0 Å². The van der Waals surface area contributed by atoms with Crippen LogP contribution in [0.5, 0.6) is 0 Å². The smallest absolute Gasteiger partial charge is 0.310 e. The van der Waals surface area contributed by atoms with Crippen LogP contribution in [0.1, 0.15) is 57.6 Å². The SMILES string of the molecule is Cc1nn(-c2ccccc2)c(C)c1CC(=O)OCC(=O)c1cc(C)n(C2CC2)c1C. The maximum Gasteiger partial charge on any atom is 0.310 e. The first-order valence-electron chi connectivity index (χ1n) is 10.3. The third kappa shape index (κ3) is 3.82. The zero-order valence-electron chi connectivity index (χ0n) is 17.9. The molecule has 4 rings (SSSR count). The number of aryl methyl sites for hydroxylation is 2. The summed E-state index contributed by atoms with van der Waals surface area (Å²) in [6.07, 6.45) is 2.42. The molecule has 1 aliphatic rings. The van der Waals surface area contributed by atoms with Gasteiger partial charge < -0.3 is 9.30 Å². The van der Waals surface area contributed by atoms with Crippen LogP contribution in [0.3, 0.4) is 0 Å². The summed E-state index contributed by atoms with van der Waals surface area (Å²) >= 11 is 0. The lowest BCUT2D eigenvalue weighted by atomic mass is 10.1. The van der Waals surface area contributed by atoms with E-state index in [0.717, 1.165) is 46.9 Å². The van der Waals surface area contributed by atoms with Crippen molar-refractivity contribution in [3.8, 4) is 5.69 Å². The Balaban J connectivity index is 1.42. The predicted molar refractivity (Wildman–Crippen MR) is 114 cm³/mol. The van der Waals surface area contributed by atoms with E-state index in [-0.39, 0.29) is 18.8 Å². The quantitative estimate of drug-likeness (QED) is 0.436. The highest BCUT2D eigenvalue weighted by molar-refractivity contribution is 5.99. The highest BCUT2D eigenvalue weighted by Gasteiger charge is 2.28. The van der Waals surface area contributed by atoms with E-state index in [1.54, 1.807) is 0 Å². The van der Waals surface area contributed by atoms with Crippen molar-refractivity contribution in [2.45, 2.75) is 53.0 Å². The Bertz CT molecular complexity index is 1100. The second-order valence-corrected chi connectivity index (χ2v) is 8.04. The third-order valence-corrected chi connectivity index (χ3v) is 5.82. The van der Waals surface area contributed by atoms with Gasteiger partial charge in [-0.25, -0.2) is 4.68 Å². The molecule has 1 saturated carbocycles. The van der Waals surface area contributed by atoms with Crippen molar-refractivity contribution in [1.82, 2.24) is 14.3 Å². The normalized spacial score (nSPS) is 13.5. The van der Waals surface area contributed by atoms with Crippen LogP contribution in [0, 0.1) is 27.7 Å². The molecular formula is C24H27N3O3. The van der Waals surface area contributed by atoms with Gasteiger partial charge >= 0.3 is 5.97 Å². The Kier molecular flexibility index (Phi) is 5.33. The van der Waals surface area contributed by atoms with E-state index < -0.39 is 5.97 Å². The first-order chi connectivity index (χ1) is 14.4. The molecule has 0 atom stereocenters. The Morgan fingerprint density at radius 1 is 1.07 bits per heavy atom. The standard InChI is InChI=1S/C24H27N3O3/c1-15-12-22(17(3)26(15)19-10-11-19)23(28)14-30-24(29)13-21-16(2)25-27(18(21)4)20-8-6-5-7-9-20/h5-9,12,19H,10-11,13-14H2,1-4H3. The Hall–Kier alpha value is -3.15. The van der Waals surface area contributed by atoms with E-state index in [2.05, 4.69) is 9.67 Å². The second kappa shape index (κ2) is 7.94. The van der Waals surface area contributed by atoms with Crippen LogP contribution in [-0.2, 0) is 16.0 Å².